The molecule has 0 radical (unpaired) electrons. The number of aryl methyl sites for hydroxylation is 2. The fourth-order valence-electron chi connectivity index (χ4n) is 13.5. The van der Waals surface area contributed by atoms with Gasteiger partial charge in [-0.25, -0.2) is 39.3 Å². The summed E-state index contributed by atoms with van der Waals surface area (Å²) in [5.74, 6) is 2.39. The third kappa shape index (κ3) is 13.0. The number of anilines is 9. The minimum absolute atomic E-state index is 0.0745. The van der Waals surface area contributed by atoms with Crippen LogP contribution in [0.5, 0.6) is 5.88 Å². The van der Waals surface area contributed by atoms with E-state index in [1.54, 1.807) is 71.1 Å². The van der Waals surface area contributed by atoms with Gasteiger partial charge in [-0.1, -0.05) is 18.2 Å². The largest absolute Gasteiger partial charge is 0.475 e. The second kappa shape index (κ2) is 26.8. The van der Waals surface area contributed by atoms with Crippen molar-refractivity contribution in [1.82, 2.24) is 55.1 Å². The summed E-state index contributed by atoms with van der Waals surface area (Å²) in [7, 11) is 0. The summed E-state index contributed by atoms with van der Waals surface area (Å²) in [6.07, 6.45) is 6.89. The van der Waals surface area contributed by atoms with Crippen molar-refractivity contribution in [3.8, 4) is 39.7 Å². The number of rotatable bonds is 10. The maximum Gasteiger partial charge on any atom is 0.416 e. The number of H-pyrrole nitrogens is 1. The van der Waals surface area contributed by atoms with E-state index in [9.17, 15) is 32.7 Å². The molecule has 6 bridgehead atoms. The smallest absolute Gasteiger partial charge is 0.416 e. The quantitative estimate of drug-likeness (QED) is 0.0741. The first-order valence-corrected chi connectivity index (χ1v) is 32.6. The van der Waals surface area contributed by atoms with Crippen molar-refractivity contribution in [1.29, 1.82) is 0 Å². The monoisotopic (exact) mass is 1350 g/mol. The Morgan fingerprint density at radius 1 is 0.570 bits per heavy atom. The third-order valence-electron chi connectivity index (χ3n) is 18.3. The molecule has 0 spiro atoms. The van der Waals surface area contributed by atoms with E-state index in [1.165, 1.54) is 18.3 Å². The maximum absolute atomic E-state index is 13.6. The molecule has 11 aromatic rings. The van der Waals surface area contributed by atoms with Crippen molar-refractivity contribution in [3.05, 3.63) is 182 Å². The molecule has 0 saturated carbocycles. The number of halogens is 3. The number of amides is 6. The standard InChI is InChI=1S/C25H24F3N5O4.C24H21N7O.C22H20N8O/c26-25(27,28)16-3-1-2-15(10-16)20-4-5-21-23(31-20)33(18-7-9-32(21)12-18)24(36)30-17-6-8-29-22(11-17)37-14-19(35)13-34;1-15-13-16(7-9-25-15)18-5-6-21-23(28-18)31(17-8-12-30(21)14-17)24(32)29-20-4-2-3-19-22(20)27-11-10-26-19;1-13-10-14(6-8-23-13)16-2-4-19-21(26-16)30(15-7-9-29(19)12-15)22(31)27-20-5-3-17-18(25-20)11-24-28-17/h1-6,8,10-11,18-19,34-35H,7,9,12-14H2,(H,29,30,36);2-7,9-11,13,17H,8,12,14H2,1H3,(H,29,32);2-6,8,10-11,15H,7,9,12H2,1H3,(H,24,28)(H,25,27,31)/t18-,19+;17-;15-/m000/s1. The molecule has 9 aromatic heterocycles. The number of fused-ring (bicyclic) bond motifs is 14. The first-order chi connectivity index (χ1) is 48.5. The van der Waals surface area contributed by atoms with Crippen LogP contribution in [0.1, 0.15) is 36.2 Å². The number of aromatic nitrogens is 11. The molecule has 506 valence electrons. The van der Waals surface area contributed by atoms with Gasteiger partial charge in [0.05, 0.1) is 87.4 Å². The number of ether oxygens (including phenoxy) is 1. The molecule has 6 amide bonds. The number of carbonyl (C=O) groups excluding carboxylic acids is 3. The molecule has 26 nitrogen and oxygen atoms in total. The lowest BCUT2D eigenvalue weighted by Crippen LogP contribution is -2.48. The Bertz CT molecular complexity index is 4940. The summed E-state index contributed by atoms with van der Waals surface area (Å²) >= 11 is 0. The van der Waals surface area contributed by atoms with Gasteiger partial charge < -0.3 is 40.3 Å². The van der Waals surface area contributed by atoms with Gasteiger partial charge in [-0.15, -0.1) is 0 Å². The summed E-state index contributed by atoms with van der Waals surface area (Å²) < 4.78 is 45.1. The molecule has 0 unspecified atom stereocenters. The van der Waals surface area contributed by atoms with Gasteiger partial charge >= 0.3 is 24.3 Å². The number of nitrogens with zero attached hydrogens (tertiary/aromatic N) is 16. The van der Waals surface area contributed by atoms with E-state index in [0.29, 0.717) is 69.9 Å². The molecule has 3 saturated heterocycles. The molecule has 100 heavy (non-hydrogen) atoms. The number of aromatic amines is 1. The summed E-state index contributed by atoms with van der Waals surface area (Å²) in [6, 6.07) is 35.8. The highest BCUT2D eigenvalue weighted by molar-refractivity contribution is 6.09. The highest BCUT2D eigenvalue weighted by Gasteiger charge is 2.44. The van der Waals surface area contributed by atoms with Gasteiger partial charge in [-0.2, -0.15) is 18.3 Å². The van der Waals surface area contributed by atoms with Crippen LogP contribution in [0, 0.1) is 13.8 Å². The second-order valence-corrected chi connectivity index (χ2v) is 24.9. The SMILES string of the molecule is Cc1cc(-c2ccc3c(n2)N(C(=O)Nc2ccc4[nH]ncc4n2)[C@H]2CCN3C2)ccn1.Cc1cc(-c2ccc3c(n2)N(C(=O)Nc2cccc4nccnc24)[C@H]2CCN3C2)ccn1.O=C(Nc1ccnc(OC[C@H](O)CO)c1)N1c2nc(-c3cccc(C(F)(F)F)c3)ccc2N2CC[C@H]1C2. The van der Waals surface area contributed by atoms with Crippen LogP contribution in [0.3, 0.4) is 0 Å². The third-order valence-corrected chi connectivity index (χ3v) is 18.3. The normalized spacial score (nSPS) is 17.1. The minimum Gasteiger partial charge on any atom is -0.475 e. The van der Waals surface area contributed by atoms with Crippen LogP contribution in [0.2, 0.25) is 0 Å². The molecule has 15 heterocycles. The highest BCUT2D eigenvalue weighted by atomic mass is 19.4. The lowest BCUT2D eigenvalue weighted by atomic mass is 10.1. The first kappa shape index (κ1) is 64.0. The molecule has 6 N–H and O–H groups in total. The average Bonchev–Trinajstić information content (AvgIpc) is 1.53. The van der Waals surface area contributed by atoms with E-state index in [4.69, 9.17) is 19.8 Å². The van der Waals surface area contributed by atoms with Crippen LogP contribution in [0.25, 0.3) is 55.8 Å². The lowest BCUT2D eigenvalue weighted by molar-refractivity contribution is -0.137. The van der Waals surface area contributed by atoms with E-state index in [0.717, 1.165) is 120 Å². The zero-order chi connectivity index (χ0) is 68.8. The lowest BCUT2D eigenvalue weighted by Gasteiger charge is -2.36. The van der Waals surface area contributed by atoms with Gasteiger partial charge in [-0.05, 0) is 136 Å². The van der Waals surface area contributed by atoms with Crippen molar-refractivity contribution in [3.63, 3.8) is 0 Å². The predicted molar refractivity (Wildman–Crippen MR) is 372 cm³/mol. The molecule has 2 aromatic carbocycles. The number of para-hydroxylation sites is 1. The van der Waals surface area contributed by atoms with Crippen molar-refractivity contribution < 1.29 is 42.5 Å². The molecule has 0 aliphatic carbocycles. The van der Waals surface area contributed by atoms with Crippen LogP contribution in [-0.2, 0) is 6.18 Å². The number of nitrogens with one attached hydrogen (secondary N) is 4. The molecular weight excluding hydrogens is 1290 g/mol. The first-order valence-electron chi connectivity index (χ1n) is 32.6. The van der Waals surface area contributed by atoms with Crippen molar-refractivity contribution >= 4 is 91.9 Å². The average molecular weight is 1350 g/mol. The van der Waals surface area contributed by atoms with Crippen LogP contribution < -0.4 is 50.1 Å². The van der Waals surface area contributed by atoms with Gasteiger partial charge in [0.2, 0.25) is 5.88 Å². The van der Waals surface area contributed by atoms with E-state index >= 15 is 0 Å². The minimum atomic E-state index is -4.48. The van der Waals surface area contributed by atoms with E-state index in [1.807, 2.05) is 79.4 Å². The molecule has 29 heteroatoms. The molecule has 6 aliphatic heterocycles. The zero-order valence-electron chi connectivity index (χ0n) is 54.0. The number of aliphatic hydroxyl groups is 2. The number of hydrogen-bond acceptors (Lipinski definition) is 19. The summed E-state index contributed by atoms with van der Waals surface area (Å²) in [6.45, 7) is 8.08. The van der Waals surface area contributed by atoms with Gasteiger partial charge in [-0.3, -0.25) is 45.1 Å². The van der Waals surface area contributed by atoms with Gasteiger partial charge in [0.1, 0.15) is 29.6 Å². The Hall–Kier alpha value is -12.0. The van der Waals surface area contributed by atoms with Crippen molar-refractivity contribution in [2.24, 2.45) is 0 Å². The second-order valence-electron chi connectivity index (χ2n) is 24.9. The Kier molecular flexibility index (Phi) is 17.2. The fraction of sp³-hybridized carbons (Fsp3) is 0.254. The number of benzene rings is 2. The summed E-state index contributed by atoms with van der Waals surface area (Å²) in [4.78, 5) is 92.5. The van der Waals surface area contributed by atoms with Crippen LogP contribution in [0.4, 0.5) is 79.3 Å². The Balaban J connectivity index is 0.000000122. The van der Waals surface area contributed by atoms with Gasteiger partial charge in [0.25, 0.3) is 0 Å². The number of hydrogen-bond donors (Lipinski definition) is 6. The Morgan fingerprint density at radius 2 is 1.11 bits per heavy atom. The van der Waals surface area contributed by atoms with Gasteiger partial charge in [0.15, 0.2) is 17.5 Å². The number of urea groups is 3. The number of alkyl halides is 3. The molecule has 6 aliphatic rings. The zero-order valence-corrected chi connectivity index (χ0v) is 54.0. The van der Waals surface area contributed by atoms with Crippen molar-refractivity contribution in [2.75, 3.05) is 97.8 Å². The summed E-state index contributed by atoms with van der Waals surface area (Å²) in [5, 5.41) is 34.1. The molecular formula is C71H65F3N20O6. The predicted octanol–water partition coefficient (Wildman–Crippen LogP) is 10.9. The highest BCUT2D eigenvalue weighted by Crippen LogP contribution is 2.44. The molecule has 17 rings (SSSR count). The topological polar surface area (TPSA) is 301 Å². The van der Waals surface area contributed by atoms with Gasteiger partial charge in [0, 0.05) is 110 Å². The van der Waals surface area contributed by atoms with Crippen LogP contribution in [0.15, 0.2) is 165 Å². The fourth-order valence-corrected chi connectivity index (χ4v) is 13.5. The number of carbonyl (C=O) groups is 3. The van der Waals surface area contributed by atoms with E-state index in [-0.39, 0.29) is 42.7 Å². The van der Waals surface area contributed by atoms with E-state index in [2.05, 4.69) is 87.9 Å². The van der Waals surface area contributed by atoms with Crippen LogP contribution >= 0.6 is 0 Å². The number of pyridine rings is 7. The Morgan fingerprint density at radius 3 is 1.68 bits per heavy atom. The van der Waals surface area contributed by atoms with Crippen LogP contribution in [-0.4, -0.2) is 160 Å². The molecule has 4 atom stereocenters. The summed E-state index contributed by atoms with van der Waals surface area (Å²) in [5.41, 5.74) is 12.0. The van der Waals surface area contributed by atoms with E-state index < -0.39 is 30.5 Å². The molecule has 3 fully saturated rings. The Labute approximate surface area is 569 Å². The maximum atomic E-state index is 13.6. The number of aliphatic hydroxyl groups excluding tert-OH is 2. The van der Waals surface area contributed by atoms with Crippen molar-refractivity contribution in [2.45, 2.75) is 63.5 Å².